The molecule has 24 heavy (non-hydrogen) atoms. The lowest BCUT2D eigenvalue weighted by Gasteiger charge is -2.28. The second-order valence-electron chi connectivity index (χ2n) is 6.07. The Morgan fingerprint density at radius 3 is 2.42 bits per heavy atom. The van der Waals surface area contributed by atoms with Crippen LogP contribution >= 0.6 is 0 Å². The highest BCUT2D eigenvalue weighted by Gasteiger charge is 2.34. The van der Waals surface area contributed by atoms with Gasteiger partial charge in [-0.1, -0.05) is 30.3 Å². The second kappa shape index (κ2) is 6.83. The number of carboxylic acids is 1. The molecule has 0 heterocycles. The van der Waals surface area contributed by atoms with E-state index in [0.717, 1.165) is 16.7 Å². The molecule has 2 aromatic rings. The average Bonchev–Trinajstić information content (AvgIpc) is 2.57. The molecule has 0 radical (unpaired) electrons. The quantitative estimate of drug-likeness (QED) is 0.884. The summed E-state index contributed by atoms with van der Waals surface area (Å²) in [4.78, 5) is 23.0. The first-order valence-corrected chi connectivity index (χ1v) is 7.87. The SMILES string of the molecule is O=C(O)c1cccc(-c2cccc(CNC(=O)C3CC(F)C3)c2)c1. The van der Waals surface area contributed by atoms with Gasteiger partial charge in [-0.3, -0.25) is 4.79 Å². The molecule has 0 bridgehead atoms. The summed E-state index contributed by atoms with van der Waals surface area (Å²) in [5, 5.41) is 11.9. The number of rotatable bonds is 5. The minimum Gasteiger partial charge on any atom is -0.478 e. The number of halogens is 1. The Labute approximate surface area is 139 Å². The Kier molecular flexibility index (Phi) is 4.60. The zero-order chi connectivity index (χ0) is 17.1. The summed E-state index contributed by atoms with van der Waals surface area (Å²) in [5.74, 6) is -1.29. The Bertz CT molecular complexity index is 769. The molecule has 4 nitrogen and oxygen atoms in total. The Balaban J connectivity index is 1.69. The summed E-state index contributed by atoms with van der Waals surface area (Å²) in [7, 11) is 0. The van der Waals surface area contributed by atoms with E-state index in [-0.39, 0.29) is 17.4 Å². The summed E-state index contributed by atoms with van der Waals surface area (Å²) in [5.41, 5.74) is 2.84. The van der Waals surface area contributed by atoms with Crippen molar-refractivity contribution >= 4 is 11.9 Å². The molecule has 2 aromatic carbocycles. The van der Waals surface area contributed by atoms with E-state index in [1.807, 2.05) is 30.3 Å². The van der Waals surface area contributed by atoms with Gasteiger partial charge >= 0.3 is 5.97 Å². The minimum absolute atomic E-state index is 0.109. The number of carbonyl (C=O) groups excluding carboxylic acids is 1. The van der Waals surface area contributed by atoms with Crippen LogP contribution in [0.4, 0.5) is 4.39 Å². The van der Waals surface area contributed by atoms with Gasteiger partial charge in [0.15, 0.2) is 0 Å². The van der Waals surface area contributed by atoms with Gasteiger partial charge in [0, 0.05) is 12.5 Å². The molecule has 5 heteroatoms. The first kappa shape index (κ1) is 16.2. The minimum atomic E-state index is -0.966. The highest BCUT2D eigenvalue weighted by atomic mass is 19.1. The number of nitrogens with one attached hydrogen (secondary N) is 1. The monoisotopic (exact) mass is 327 g/mol. The van der Waals surface area contributed by atoms with Gasteiger partial charge in [-0.05, 0) is 47.7 Å². The van der Waals surface area contributed by atoms with Crippen molar-refractivity contribution in [3.8, 4) is 11.1 Å². The van der Waals surface area contributed by atoms with E-state index in [9.17, 15) is 14.0 Å². The largest absolute Gasteiger partial charge is 0.478 e. The number of carbonyl (C=O) groups is 2. The fraction of sp³-hybridized carbons (Fsp3) is 0.263. The van der Waals surface area contributed by atoms with Crippen LogP contribution in [-0.2, 0) is 11.3 Å². The van der Waals surface area contributed by atoms with E-state index in [1.54, 1.807) is 18.2 Å². The molecule has 124 valence electrons. The van der Waals surface area contributed by atoms with Crippen LogP contribution in [0, 0.1) is 5.92 Å². The van der Waals surface area contributed by atoms with Crippen LogP contribution in [-0.4, -0.2) is 23.2 Å². The standard InChI is InChI=1S/C19H18FNO3/c20-17-9-16(10-17)18(22)21-11-12-3-1-4-13(7-12)14-5-2-6-15(8-14)19(23)24/h1-8,16-17H,9-11H2,(H,21,22)(H,23,24). The predicted octanol–water partition coefficient (Wildman–Crippen LogP) is 3.42. The predicted molar refractivity (Wildman–Crippen MR) is 88.3 cm³/mol. The molecule has 0 unspecified atom stereocenters. The number of aromatic carboxylic acids is 1. The van der Waals surface area contributed by atoms with Crippen molar-refractivity contribution in [3.63, 3.8) is 0 Å². The molecule has 0 atom stereocenters. The van der Waals surface area contributed by atoms with Crippen LogP contribution in [0.15, 0.2) is 48.5 Å². The summed E-state index contributed by atoms with van der Waals surface area (Å²) in [6.45, 7) is 0.374. The maximum absolute atomic E-state index is 12.8. The third-order valence-corrected chi connectivity index (χ3v) is 4.29. The van der Waals surface area contributed by atoms with Crippen LogP contribution in [0.1, 0.15) is 28.8 Å². The maximum Gasteiger partial charge on any atom is 0.335 e. The molecule has 1 aliphatic carbocycles. The van der Waals surface area contributed by atoms with E-state index < -0.39 is 12.1 Å². The number of hydrogen-bond acceptors (Lipinski definition) is 2. The summed E-state index contributed by atoms with van der Waals surface area (Å²) >= 11 is 0. The van der Waals surface area contributed by atoms with E-state index >= 15 is 0 Å². The summed E-state index contributed by atoms with van der Waals surface area (Å²) in [6.07, 6.45) is -0.215. The zero-order valence-electron chi connectivity index (χ0n) is 13.0. The first-order valence-electron chi connectivity index (χ1n) is 7.87. The van der Waals surface area contributed by atoms with E-state index in [1.165, 1.54) is 0 Å². The fourth-order valence-electron chi connectivity index (χ4n) is 2.79. The Morgan fingerprint density at radius 2 is 1.75 bits per heavy atom. The molecule has 0 saturated heterocycles. The molecule has 1 saturated carbocycles. The topological polar surface area (TPSA) is 66.4 Å². The van der Waals surface area contributed by atoms with Crippen molar-refractivity contribution in [1.29, 1.82) is 0 Å². The van der Waals surface area contributed by atoms with E-state index in [0.29, 0.717) is 19.4 Å². The average molecular weight is 327 g/mol. The van der Waals surface area contributed by atoms with Gasteiger partial charge < -0.3 is 10.4 Å². The lowest BCUT2D eigenvalue weighted by molar-refractivity contribution is -0.129. The van der Waals surface area contributed by atoms with Gasteiger partial charge in [0.1, 0.15) is 6.17 Å². The number of hydrogen-bond donors (Lipinski definition) is 2. The molecule has 3 rings (SSSR count). The zero-order valence-corrected chi connectivity index (χ0v) is 13.0. The van der Waals surface area contributed by atoms with Crippen LogP contribution in [0.3, 0.4) is 0 Å². The third kappa shape index (κ3) is 3.62. The fourth-order valence-corrected chi connectivity index (χ4v) is 2.79. The Hall–Kier alpha value is -2.69. The Morgan fingerprint density at radius 1 is 1.08 bits per heavy atom. The number of alkyl halides is 1. The number of carboxylic acid groups (broad SMARTS) is 1. The lowest BCUT2D eigenvalue weighted by atomic mass is 9.83. The normalized spacial score (nSPS) is 19.4. The van der Waals surface area contributed by atoms with Gasteiger partial charge in [-0.15, -0.1) is 0 Å². The molecule has 0 spiro atoms. The van der Waals surface area contributed by atoms with Gasteiger partial charge in [0.2, 0.25) is 5.91 Å². The molecule has 1 fully saturated rings. The second-order valence-corrected chi connectivity index (χ2v) is 6.07. The molecular formula is C19H18FNO3. The molecule has 1 aliphatic rings. The maximum atomic E-state index is 12.8. The van der Waals surface area contributed by atoms with Crippen LogP contribution < -0.4 is 5.32 Å². The van der Waals surface area contributed by atoms with Crippen molar-refractivity contribution in [2.24, 2.45) is 5.92 Å². The van der Waals surface area contributed by atoms with Crippen LogP contribution in [0.25, 0.3) is 11.1 Å². The van der Waals surface area contributed by atoms with Gasteiger partial charge in [-0.25, -0.2) is 9.18 Å². The van der Waals surface area contributed by atoms with Gasteiger partial charge in [0.05, 0.1) is 5.56 Å². The van der Waals surface area contributed by atoms with Crippen molar-refractivity contribution in [2.45, 2.75) is 25.6 Å². The van der Waals surface area contributed by atoms with Crippen molar-refractivity contribution in [3.05, 3.63) is 59.7 Å². The van der Waals surface area contributed by atoms with Gasteiger partial charge in [0.25, 0.3) is 0 Å². The molecule has 0 aliphatic heterocycles. The van der Waals surface area contributed by atoms with E-state index in [2.05, 4.69) is 5.32 Å². The first-order chi connectivity index (χ1) is 11.5. The molecular weight excluding hydrogens is 309 g/mol. The van der Waals surface area contributed by atoms with Crippen LogP contribution in [0.2, 0.25) is 0 Å². The highest BCUT2D eigenvalue weighted by molar-refractivity contribution is 5.89. The van der Waals surface area contributed by atoms with Crippen LogP contribution in [0.5, 0.6) is 0 Å². The van der Waals surface area contributed by atoms with Crippen molar-refractivity contribution in [1.82, 2.24) is 5.32 Å². The number of benzene rings is 2. The summed E-state index contributed by atoms with van der Waals surface area (Å²) in [6, 6.07) is 14.3. The van der Waals surface area contributed by atoms with Crippen molar-refractivity contribution in [2.75, 3.05) is 0 Å². The smallest absolute Gasteiger partial charge is 0.335 e. The lowest BCUT2D eigenvalue weighted by Crippen LogP contribution is -2.39. The number of amides is 1. The summed E-state index contributed by atoms with van der Waals surface area (Å²) < 4.78 is 12.8. The molecule has 2 N–H and O–H groups in total. The highest BCUT2D eigenvalue weighted by Crippen LogP contribution is 2.30. The molecule has 1 amide bonds. The van der Waals surface area contributed by atoms with E-state index in [4.69, 9.17) is 5.11 Å². The molecule has 0 aromatic heterocycles. The van der Waals surface area contributed by atoms with Crippen molar-refractivity contribution < 1.29 is 19.1 Å². The van der Waals surface area contributed by atoms with Gasteiger partial charge in [-0.2, -0.15) is 0 Å². The third-order valence-electron chi connectivity index (χ3n) is 4.29.